The highest BCUT2D eigenvalue weighted by Crippen LogP contribution is 2.27. The molecule has 0 aliphatic carbocycles. The maximum atomic E-state index is 12.9. The normalized spacial score (nSPS) is 21.7. The lowest BCUT2D eigenvalue weighted by atomic mass is 9.92. The molecule has 0 radical (unpaired) electrons. The Balaban J connectivity index is 2.24. The van der Waals surface area contributed by atoms with Crippen LogP contribution in [0, 0.1) is 11.8 Å². The molecule has 2 unspecified atom stereocenters. The fourth-order valence-corrected chi connectivity index (χ4v) is 4.70. The molecule has 1 aliphatic heterocycles. The van der Waals surface area contributed by atoms with Gasteiger partial charge in [-0.1, -0.05) is 19.1 Å². The van der Waals surface area contributed by atoms with Crippen molar-refractivity contribution in [3.8, 4) is 0 Å². The van der Waals surface area contributed by atoms with Gasteiger partial charge in [-0.2, -0.15) is 4.31 Å². The zero-order chi connectivity index (χ0) is 18.6. The maximum absolute atomic E-state index is 12.9. The van der Waals surface area contributed by atoms with Gasteiger partial charge in [-0.3, -0.25) is 9.59 Å². The van der Waals surface area contributed by atoms with Crippen molar-refractivity contribution in [2.24, 2.45) is 11.8 Å². The van der Waals surface area contributed by atoms with Crippen LogP contribution in [0.1, 0.15) is 25.8 Å². The van der Waals surface area contributed by atoms with E-state index in [4.69, 9.17) is 4.74 Å². The number of esters is 1. The van der Waals surface area contributed by atoms with E-state index in [-0.39, 0.29) is 36.9 Å². The van der Waals surface area contributed by atoms with Gasteiger partial charge in [0, 0.05) is 13.1 Å². The van der Waals surface area contributed by atoms with Crippen LogP contribution < -0.4 is 0 Å². The summed E-state index contributed by atoms with van der Waals surface area (Å²) in [6.45, 7) is 4.06. The lowest BCUT2D eigenvalue weighted by Gasteiger charge is -2.33. The van der Waals surface area contributed by atoms with Gasteiger partial charge in [-0.15, -0.1) is 0 Å². The van der Waals surface area contributed by atoms with Crippen molar-refractivity contribution in [1.82, 2.24) is 4.31 Å². The molecule has 0 bridgehead atoms. The van der Waals surface area contributed by atoms with Crippen molar-refractivity contribution in [1.29, 1.82) is 0 Å². The first-order valence-electron chi connectivity index (χ1n) is 8.21. The van der Waals surface area contributed by atoms with E-state index in [2.05, 4.69) is 0 Å². The average molecular weight is 369 g/mol. The molecule has 0 saturated carbocycles. The number of hydrogen-bond acceptors (Lipinski definition) is 5. The standard InChI is InChI=1S/C17H23NO6S/c1-3-24-16(19)9-13-5-4-6-15(8-13)25(22,23)18-10-12(2)7-14(11-18)17(20)21/h4-6,8,12,14H,3,7,9-11H2,1-2H3,(H,20,21). The van der Waals surface area contributed by atoms with E-state index in [9.17, 15) is 23.1 Å². The molecular formula is C17H23NO6S. The number of sulfonamides is 1. The number of piperidine rings is 1. The van der Waals surface area contributed by atoms with Gasteiger partial charge in [-0.25, -0.2) is 8.42 Å². The smallest absolute Gasteiger partial charge is 0.310 e. The predicted octanol–water partition coefficient (Wildman–Crippen LogP) is 1.52. The molecule has 2 rings (SSSR count). The molecule has 0 amide bonds. The molecule has 7 nitrogen and oxygen atoms in total. The van der Waals surface area contributed by atoms with Crippen LogP contribution in [0.4, 0.5) is 0 Å². The quantitative estimate of drug-likeness (QED) is 0.763. The van der Waals surface area contributed by atoms with Gasteiger partial charge in [-0.05, 0) is 37.0 Å². The van der Waals surface area contributed by atoms with Gasteiger partial charge in [0.2, 0.25) is 10.0 Å². The number of ether oxygens (including phenoxy) is 1. The van der Waals surface area contributed by atoms with Gasteiger partial charge in [0.25, 0.3) is 0 Å². The number of hydrogen-bond donors (Lipinski definition) is 1. The first kappa shape index (κ1) is 19.4. The SMILES string of the molecule is CCOC(=O)Cc1cccc(S(=O)(=O)N2CC(C)CC(C(=O)O)C2)c1. The number of rotatable bonds is 6. The highest BCUT2D eigenvalue weighted by Gasteiger charge is 2.36. The summed E-state index contributed by atoms with van der Waals surface area (Å²) in [7, 11) is -3.81. The maximum Gasteiger partial charge on any atom is 0.310 e. The van der Waals surface area contributed by atoms with E-state index in [1.807, 2.05) is 6.92 Å². The van der Waals surface area contributed by atoms with E-state index in [1.165, 1.54) is 16.4 Å². The van der Waals surface area contributed by atoms with Crippen LogP contribution in [0.15, 0.2) is 29.2 Å². The summed E-state index contributed by atoms with van der Waals surface area (Å²) in [5, 5.41) is 9.23. The number of aliphatic carboxylic acids is 1. The second kappa shape index (κ2) is 7.97. The predicted molar refractivity (Wildman–Crippen MR) is 90.4 cm³/mol. The number of nitrogens with zero attached hydrogens (tertiary/aromatic N) is 1. The number of carboxylic acids is 1. The lowest BCUT2D eigenvalue weighted by Crippen LogP contribution is -2.45. The van der Waals surface area contributed by atoms with Crippen molar-refractivity contribution in [2.45, 2.75) is 31.6 Å². The number of carbonyl (C=O) groups excluding carboxylic acids is 1. The van der Waals surface area contributed by atoms with Crippen LogP contribution in [0.25, 0.3) is 0 Å². The Morgan fingerprint density at radius 3 is 2.68 bits per heavy atom. The molecule has 2 atom stereocenters. The summed E-state index contributed by atoms with van der Waals surface area (Å²) in [6, 6.07) is 6.14. The molecule has 0 aromatic heterocycles. The van der Waals surface area contributed by atoms with Crippen LogP contribution in [-0.4, -0.2) is 49.5 Å². The highest BCUT2D eigenvalue weighted by atomic mass is 32.2. The molecule has 1 aromatic carbocycles. The van der Waals surface area contributed by atoms with E-state index in [0.29, 0.717) is 12.0 Å². The van der Waals surface area contributed by atoms with Crippen molar-refractivity contribution in [3.63, 3.8) is 0 Å². The molecule has 1 N–H and O–H groups in total. The fraction of sp³-hybridized carbons (Fsp3) is 0.529. The number of carboxylic acid groups (broad SMARTS) is 1. The van der Waals surface area contributed by atoms with E-state index < -0.39 is 27.9 Å². The Kier molecular flexibility index (Phi) is 6.18. The van der Waals surface area contributed by atoms with Crippen molar-refractivity contribution in [2.75, 3.05) is 19.7 Å². The Morgan fingerprint density at radius 2 is 2.04 bits per heavy atom. The fourth-order valence-electron chi connectivity index (χ4n) is 3.02. The zero-order valence-electron chi connectivity index (χ0n) is 14.3. The second-order valence-corrected chi connectivity index (χ2v) is 8.27. The Morgan fingerprint density at radius 1 is 1.32 bits per heavy atom. The summed E-state index contributed by atoms with van der Waals surface area (Å²) >= 11 is 0. The van der Waals surface area contributed by atoms with Crippen LogP contribution in [-0.2, 0) is 30.8 Å². The Hall–Kier alpha value is -1.93. The lowest BCUT2D eigenvalue weighted by molar-refractivity contribution is -0.144. The zero-order valence-corrected chi connectivity index (χ0v) is 15.2. The minimum absolute atomic E-state index is 0.00858. The Bertz CT molecular complexity index is 745. The summed E-state index contributed by atoms with van der Waals surface area (Å²) < 4.78 is 31.9. The molecule has 1 saturated heterocycles. The first-order valence-corrected chi connectivity index (χ1v) is 9.65. The third-order valence-corrected chi connectivity index (χ3v) is 5.99. The number of carbonyl (C=O) groups is 2. The van der Waals surface area contributed by atoms with Crippen LogP contribution in [0.2, 0.25) is 0 Å². The van der Waals surface area contributed by atoms with Crippen molar-refractivity contribution < 1.29 is 27.9 Å². The van der Waals surface area contributed by atoms with Gasteiger partial charge >= 0.3 is 11.9 Å². The summed E-state index contributed by atoms with van der Waals surface area (Å²) in [6.07, 6.45) is 0.454. The molecular weight excluding hydrogens is 346 g/mol. The monoisotopic (exact) mass is 369 g/mol. The summed E-state index contributed by atoms with van der Waals surface area (Å²) in [5.41, 5.74) is 0.541. The van der Waals surface area contributed by atoms with Crippen LogP contribution >= 0.6 is 0 Å². The van der Waals surface area contributed by atoms with Crippen LogP contribution in [0.3, 0.4) is 0 Å². The van der Waals surface area contributed by atoms with Gasteiger partial charge < -0.3 is 9.84 Å². The second-order valence-electron chi connectivity index (χ2n) is 6.33. The molecule has 1 aromatic rings. The average Bonchev–Trinajstić information content (AvgIpc) is 2.54. The van der Waals surface area contributed by atoms with Crippen molar-refractivity contribution >= 4 is 22.0 Å². The molecule has 25 heavy (non-hydrogen) atoms. The topological polar surface area (TPSA) is 101 Å². The molecule has 0 spiro atoms. The Labute approximate surface area is 147 Å². The summed E-state index contributed by atoms with van der Waals surface area (Å²) in [5.74, 6) is -2.15. The molecule has 8 heteroatoms. The van der Waals surface area contributed by atoms with Gasteiger partial charge in [0.05, 0.1) is 23.8 Å². The molecule has 1 aliphatic rings. The molecule has 1 fully saturated rings. The third-order valence-electron chi connectivity index (χ3n) is 4.17. The third kappa shape index (κ3) is 4.79. The molecule has 1 heterocycles. The van der Waals surface area contributed by atoms with E-state index in [0.717, 1.165) is 0 Å². The van der Waals surface area contributed by atoms with E-state index >= 15 is 0 Å². The highest BCUT2D eigenvalue weighted by molar-refractivity contribution is 7.89. The first-order chi connectivity index (χ1) is 11.7. The molecule has 138 valence electrons. The summed E-state index contributed by atoms with van der Waals surface area (Å²) in [4.78, 5) is 22.9. The van der Waals surface area contributed by atoms with E-state index in [1.54, 1.807) is 19.1 Å². The minimum Gasteiger partial charge on any atom is -0.481 e. The number of benzene rings is 1. The van der Waals surface area contributed by atoms with Crippen molar-refractivity contribution in [3.05, 3.63) is 29.8 Å². The van der Waals surface area contributed by atoms with Crippen LogP contribution in [0.5, 0.6) is 0 Å². The van der Waals surface area contributed by atoms with Gasteiger partial charge in [0.15, 0.2) is 0 Å². The largest absolute Gasteiger partial charge is 0.481 e. The van der Waals surface area contributed by atoms with Gasteiger partial charge in [0.1, 0.15) is 0 Å². The minimum atomic E-state index is -3.81.